The number of rotatable bonds is 5. The molecule has 2 N–H and O–H groups in total. The molecule has 0 saturated carbocycles. The maximum Gasteiger partial charge on any atom is 0.110 e. The van der Waals surface area contributed by atoms with E-state index in [1.807, 2.05) is 19.3 Å². The highest BCUT2D eigenvalue weighted by Crippen LogP contribution is 2.13. The lowest BCUT2D eigenvalue weighted by molar-refractivity contribution is 0.289. The van der Waals surface area contributed by atoms with Crippen LogP contribution in [0.25, 0.3) is 5.69 Å². The third-order valence-electron chi connectivity index (χ3n) is 4.20. The van der Waals surface area contributed by atoms with Crippen LogP contribution in [0.4, 0.5) is 0 Å². The summed E-state index contributed by atoms with van der Waals surface area (Å²) in [5, 5.41) is 0. The average molecular weight is 299 g/mol. The Morgan fingerprint density at radius 3 is 2.64 bits per heavy atom. The zero-order valence-corrected chi connectivity index (χ0v) is 13.6. The van der Waals surface area contributed by atoms with Gasteiger partial charge < -0.3 is 9.47 Å². The molecule has 3 rings (SSSR count). The van der Waals surface area contributed by atoms with Crippen LogP contribution in [-0.2, 0) is 6.54 Å². The number of aryl methyl sites for hydroxylation is 1. The summed E-state index contributed by atoms with van der Waals surface area (Å²) in [7, 11) is 2.18. The quantitative estimate of drug-likeness (QED) is 0.885. The lowest BCUT2D eigenvalue weighted by Gasteiger charge is -2.21. The van der Waals surface area contributed by atoms with E-state index in [9.17, 15) is 0 Å². The number of benzene rings is 1. The standard InChI is InChI=1S/C17H25N5/c1-13-10-16(20-19-13)12-21(3)11-15-4-6-17(7-5-15)22-9-8-18-14(22)2/h4-9,13,16,19-20H,10-12H2,1-3H3. The Hall–Kier alpha value is -1.69. The molecule has 0 spiro atoms. The van der Waals surface area contributed by atoms with Crippen molar-refractivity contribution in [3.05, 3.63) is 48.0 Å². The summed E-state index contributed by atoms with van der Waals surface area (Å²) < 4.78 is 2.10. The number of aromatic nitrogens is 2. The molecule has 0 aliphatic carbocycles. The molecule has 22 heavy (non-hydrogen) atoms. The van der Waals surface area contributed by atoms with Crippen molar-refractivity contribution in [2.75, 3.05) is 13.6 Å². The van der Waals surface area contributed by atoms with Gasteiger partial charge >= 0.3 is 0 Å². The van der Waals surface area contributed by atoms with E-state index in [2.05, 4.69) is 63.5 Å². The van der Waals surface area contributed by atoms with Crippen LogP contribution < -0.4 is 10.9 Å². The Bertz CT molecular complexity index is 604. The molecule has 1 aromatic heterocycles. The van der Waals surface area contributed by atoms with Crippen LogP contribution in [0.15, 0.2) is 36.7 Å². The zero-order chi connectivity index (χ0) is 15.5. The second kappa shape index (κ2) is 6.60. The molecule has 1 saturated heterocycles. The van der Waals surface area contributed by atoms with Crippen LogP contribution >= 0.6 is 0 Å². The predicted octanol–water partition coefficient (Wildman–Crippen LogP) is 1.87. The molecule has 0 radical (unpaired) electrons. The van der Waals surface area contributed by atoms with Gasteiger partial charge in [0, 0.05) is 43.3 Å². The first-order valence-electron chi connectivity index (χ1n) is 7.90. The molecule has 5 heteroatoms. The number of nitrogens with zero attached hydrogens (tertiary/aromatic N) is 3. The number of imidazole rings is 1. The van der Waals surface area contributed by atoms with E-state index >= 15 is 0 Å². The summed E-state index contributed by atoms with van der Waals surface area (Å²) >= 11 is 0. The lowest BCUT2D eigenvalue weighted by atomic mass is 10.1. The van der Waals surface area contributed by atoms with Crippen LogP contribution in [0.5, 0.6) is 0 Å². The SMILES string of the molecule is Cc1nccn1-c1ccc(CN(C)CC2CC(C)NN2)cc1. The summed E-state index contributed by atoms with van der Waals surface area (Å²) in [5.41, 5.74) is 9.14. The van der Waals surface area contributed by atoms with Crippen molar-refractivity contribution in [3.63, 3.8) is 0 Å². The average Bonchev–Trinajstić information content (AvgIpc) is 3.08. The Balaban J connectivity index is 1.58. The molecular weight excluding hydrogens is 274 g/mol. The topological polar surface area (TPSA) is 45.1 Å². The number of hydrogen-bond donors (Lipinski definition) is 2. The van der Waals surface area contributed by atoms with Gasteiger partial charge in [-0.05, 0) is 45.0 Å². The Labute approximate surface area is 132 Å². The van der Waals surface area contributed by atoms with E-state index in [0.29, 0.717) is 12.1 Å². The number of likely N-dealkylation sites (N-methyl/N-ethyl adjacent to an activating group) is 1. The van der Waals surface area contributed by atoms with Crippen molar-refractivity contribution < 1.29 is 0 Å². The first kappa shape index (κ1) is 15.2. The molecule has 2 aromatic rings. The Kier molecular flexibility index (Phi) is 4.57. The first-order chi connectivity index (χ1) is 10.6. The maximum atomic E-state index is 4.27. The molecule has 0 bridgehead atoms. The van der Waals surface area contributed by atoms with Crippen LogP contribution in [-0.4, -0.2) is 40.1 Å². The van der Waals surface area contributed by atoms with Gasteiger partial charge in [-0.25, -0.2) is 4.98 Å². The molecule has 1 aliphatic rings. The van der Waals surface area contributed by atoms with Crippen molar-refractivity contribution >= 4 is 0 Å². The summed E-state index contributed by atoms with van der Waals surface area (Å²) in [6.45, 7) is 6.25. The van der Waals surface area contributed by atoms with Gasteiger partial charge in [-0.15, -0.1) is 0 Å². The predicted molar refractivity (Wildman–Crippen MR) is 88.8 cm³/mol. The van der Waals surface area contributed by atoms with Crippen molar-refractivity contribution in [3.8, 4) is 5.69 Å². The maximum absolute atomic E-state index is 4.27. The summed E-state index contributed by atoms with van der Waals surface area (Å²) in [4.78, 5) is 6.64. The van der Waals surface area contributed by atoms with Crippen molar-refractivity contribution in [1.82, 2.24) is 25.3 Å². The van der Waals surface area contributed by atoms with Crippen molar-refractivity contribution in [2.45, 2.75) is 38.9 Å². The normalized spacial score (nSPS) is 21.6. The largest absolute Gasteiger partial charge is 0.304 e. The third kappa shape index (κ3) is 3.55. The summed E-state index contributed by atoms with van der Waals surface area (Å²) in [6.07, 6.45) is 5.01. The number of hydrogen-bond acceptors (Lipinski definition) is 4. The Morgan fingerprint density at radius 1 is 1.27 bits per heavy atom. The fourth-order valence-electron chi connectivity index (χ4n) is 3.09. The van der Waals surface area contributed by atoms with Crippen LogP contribution in [0.1, 0.15) is 24.7 Å². The Morgan fingerprint density at radius 2 is 2.05 bits per heavy atom. The minimum Gasteiger partial charge on any atom is -0.304 e. The monoisotopic (exact) mass is 299 g/mol. The molecule has 2 unspecified atom stereocenters. The first-order valence-corrected chi connectivity index (χ1v) is 7.90. The zero-order valence-electron chi connectivity index (χ0n) is 13.6. The van der Waals surface area contributed by atoms with Gasteiger partial charge in [-0.1, -0.05) is 12.1 Å². The number of nitrogens with one attached hydrogen (secondary N) is 2. The molecule has 1 aliphatic heterocycles. The second-order valence-electron chi connectivity index (χ2n) is 6.33. The summed E-state index contributed by atoms with van der Waals surface area (Å²) in [5.74, 6) is 1.01. The molecular formula is C17H25N5. The molecule has 2 heterocycles. The van der Waals surface area contributed by atoms with E-state index < -0.39 is 0 Å². The second-order valence-corrected chi connectivity index (χ2v) is 6.33. The molecule has 1 fully saturated rings. The van der Waals surface area contributed by atoms with Gasteiger partial charge in [0.1, 0.15) is 5.82 Å². The van der Waals surface area contributed by atoms with Crippen molar-refractivity contribution in [1.29, 1.82) is 0 Å². The van der Waals surface area contributed by atoms with Crippen molar-refractivity contribution in [2.24, 2.45) is 0 Å². The molecule has 0 amide bonds. The smallest absolute Gasteiger partial charge is 0.110 e. The summed E-state index contributed by atoms with van der Waals surface area (Å²) in [6, 6.07) is 9.83. The minimum absolute atomic E-state index is 0.535. The highest BCUT2D eigenvalue weighted by molar-refractivity contribution is 5.35. The highest BCUT2D eigenvalue weighted by atomic mass is 15.4. The van der Waals surface area contributed by atoms with E-state index in [4.69, 9.17) is 0 Å². The van der Waals surface area contributed by atoms with Crippen LogP contribution in [0.3, 0.4) is 0 Å². The number of hydrazine groups is 1. The third-order valence-corrected chi connectivity index (χ3v) is 4.20. The fraction of sp³-hybridized carbons (Fsp3) is 0.471. The molecule has 2 atom stereocenters. The van der Waals surface area contributed by atoms with E-state index in [1.54, 1.807) is 0 Å². The van der Waals surface area contributed by atoms with Crippen LogP contribution in [0, 0.1) is 6.92 Å². The van der Waals surface area contributed by atoms with Gasteiger partial charge in [-0.3, -0.25) is 10.9 Å². The van der Waals surface area contributed by atoms with E-state index in [0.717, 1.165) is 24.6 Å². The van der Waals surface area contributed by atoms with E-state index in [-0.39, 0.29) is 0 Å². The fourth-order valence-corrected chi connectivity index (χ4v) is 3.09. The molecule has 1 aromatic carbocycles. The highest BCUT2D eigenvalue weighted by Gasteiger charge is 2.21. The van der Waals surface area contributed by atoms with Gasteiger partial charge in [0.2, 0.25) is 0 Å². The van der Waals surface area contributed by atoms with Gasteiger partial charge in [0.15, 0.2) is 0 Å². The van der Waals surface area contributed by atoms with Gasteiger partial charge in [-0.2, -0.15) is 0 Å². The molecule has 5 nitrogen and oxygen atoms in total. The van der Waals surface area contributed by atoms with E-state index in [1.165, 1.54) is 12.0 Å². The lowest BCUT2D eigenvalue weighted by Crippen LogP contribution is -2.39. The van der Waals surface area contributed by atoms with Gasteiger partial charge in [0.05, 0.1) is 0 Å². The van der Waals surface area contributed by atoms with Gasteiger partial charge in [0.25, 0.3) is 0 Å². The van der Waals surface area contributed by atoms with Crippen LogP contribution in [0.2, 0.25) is 0 Å². The minimum atomic E-state index is 0.535. The molecule has 118 valence electrons.